The molecule has 9 nitrogen and oxygen atoms in total. The monoisotopic (exact) mass is 476 g/mol. The molecule has 1 heterocycles. The van der Waals surface area contributed by atoms with Gasteiger partial charge in [0.15, 0.2) is 5.76 Å². The molecule has 4 amide bonds. The second-order valence-corrected chi connectivity index (χ2v) is 6.72. The standard InChI is InChI=1S/C22H19F3N4O5/c23-22(24,25)34-17-9-7-16(8-10-17)29-21(32)28-15-5-3-14(4-6-15)19(30)26-11-12-27-20(31)18-2-1-13-33-18/h1-10,13H,11-12H2,(H,26,30)(H,27,31)(H2,28,29,32). The Balaban J connectivity index is 1.41. The van der Waals surface area contributed by atoms with Gasteiger partial charge in [-0.15, -0.1) is 13.2 Å². The number of carbonyl (C=O) groups is 3. The number of carbonyl (C=O) groups excluding carboxylic acids is 3. The number of furan rings is 1. The highest BCUT2D eigenvalue weighted by Gasteiger charge is 2.30. The van der Waals surface area contributed by atoms with E-state index in [-0.39, 0.29) is 30.4 Å². The maximum Gasteiger partial charge on any atom is 0.573 e. The van der Waals surface area contributed by atoms with Crippen LogP contribution in [-0.2, 0) is 0 Å². The van der Waals surface area contributed by atoms with Gasteiger partial charge >= 0.3 is 12.4 Å². The lowest BCUT2D eigenvalue weighted by atomic mass is 10.2. The smallest absolute Gasteiger partial charge is 0.459 e. The van der Waals surface area contributed by atoms with Crippen LogP contribution in [0.5, 0.6) is 5.75 Å². The molecule has 12 heteroatoms. The Bertz CT molecular complexity index is 1110. The molecule has 0 saturated heterocycles. The van der Waals surface area contributed by atoms with Gasteiger partial charge in [-0.1, -0.05) is 0 Å². The first-order chi connectivity index (χ1) is 16.2. The van der Waals surface area contributed by atoms with Gasteiger partial charge in [0.25, 0.3) is 11.8 Å². The van der Waals surface area contributed by atoms with Gasteiger partial charge in [0.05, 0.1) is 6.26 Å². The number of halogens is 3. The molecule has 0 aliphatic rings. The van der Waals surface area contributed by atoms with Crippen LogP contribution in [-0.4, -0.2) is 37.3 Å². The van der Waals surface area contributed by atoms with Crippen LogP contribution in [0.1, 0.15) is 20.9 Å². The van der Waals surface area contributed by atoms with Crippen molar-refractivity contribution >= 4 is 29.2 Å². The molecule has 3 rings (SSSR count). The molecule has 0 fully saturated rings. The molecular weight excluding hydrogens is 457 g/mol. The Morgan fingerprint density at radius 3 is 1.88 bits per heavy atom. The number of nitrogens with one attached hydrogen (secondary N) is 4. The molecule has 0 unspecified atom stereocenters. The first-order valence-corrected chi connectivity index (χ1v) is 9.83. The molecule has 2 aromatic carbocycles. The fourth-order valence-electron chi connectivity index (χ4n) is 2.69. The second kappa shape index (κ2) is 10.9. The van der Waals surface area contributed by atoms with Crippen molar-refractivity contribution in [2.24, 2.45) is 0 Å². The van der Waals surface area contributed by atoms with Crippen molar-refractivity contribution < 1.29 is 36.7 Å². The van der Waals surface area contributed by atoms with E-state index in [0.717, 1.165) is 12.1 Å². The lowest BCUT2D eigenvalue weighted by Crippen LogP contribution is -2.34. The molecule has 0 bridgehead atoms. The number of ether oxygens (including phenoxy) is 1. The number of amides is 4. The number of anilines is 2. The SMILES string of the molecule is O=C(Nc1ccc(OC(F)(F)F)cc1)Nc1ccc(C(=O)NCCNC(=O)c2ccco2)cc1. The van der Waals surface area contributed by atoms with Gasteiger partial charge < -0.3 is 30.4 Å². The van der Waals surface area contributed by atoms with Crippen molar-refractivity contribution in [1.82, 2.24) is 10.6 Å². The largest absolute Gasteiger partial charge is 0.573 e. The molecule has 0 spiro atoms. The Kier molecular flexibility index (Phi) is 7.75. The van der Waals surface area contributed by atoms with E-state index in [2.05, 4.69) is 26.0 Å². The molecule has 0 radical (unpaired) electrons. The van der Waals surface area contributed by atoms with Crippen molar-refractivity contribution in [1.29, 1.82) is 0 Å². The molecule has 34 heavy (non-hydrogen) atoms. The average Bonchev–Trinajstić information content (AvgIpc) is 3.32. The molecule has 0 aliphatic heterocycles. The van der Waals surface area contributed by atoms with E-state index in [4.69, 9.17) is 4.42 Å². The normalized spacial score (nSPS) is 10.8. The first-order valence-electron chi connectivity index (χ1n) is 9.83. The Morgan fingerprint density at radius 1 is 0.794 bits per heavy atom. The third-order valence-corrected chi connectivity index (χ3v) is 4.19. The average molecular weight is 476 g/mol. The maximum atomic E-state index is 12.2. The summed E-state index contributed by atoms with van der Waals surface area (Å²) in [5.41, 5.74) is 0.975. The quantitative estimate of drug-likeness (QED) is 0.367. The van der Waals surface area contributed by atoms with E-state index in [1.807, 2.05) is 0 Å². The van der Waals surface area contributed by atoms with Crippen LogP contribution in [0.15, 0.2) is 71.3 Å². The first kappa shape index (κ1) is 24.2. The zero-order valence-corrected chi connectivity index (χ0v) is 17.4. The van der Waals surface area contributed by atoms with E-state index in [1.165, 1.54) is 48.7 Å². The van der Waals surface area contributed by atoms with Gasteiger partial charge in [0.2, 0.25) is 0 Å². The van der Waals surface area contributed by atoms with Crippen LogP contribution in [0, 0.1) is 0 Å². The van der Waals surface area contributed by atoms with E-state index >= 15 is 0 Å². The minimum Gasteiger partial charge on any atom is -0.459 e. The van der Waals surface area contributed by atoms with Gasteiger partial charge in [-0.3, -0.25) is 9.59 Å². The topological polar surface area (TPSA) is 122 Å². The summed E-state index contributed by atoms with van der Waals surface area (Å²) in [4.78, 5) is 36.0. The van der Waals surface area contributed by atoms with E-state index in [0.29, 0.717) is 11.3 Å². The summed E-state index contributed by atoms with van der Waals surface area (Å²) >= 11 is 0. The third-order valence-electron chi connectivity index (χ3n) is 4.19. The Labute approximate surface area is 191 Å². The van der Waals surface area contributed by atoms with Gasteiger partial charge in [-0.25, -0.2) is 4.79 Å². The molecule has 0 aliphatic carbocycles. The minimum atomic E-state index is -4.80. The molecule has 178 valence electrons. The van der Waals surface area contributed by atoms with Crippen LogP contribution >= 0.6 is 0 Å². The van der Waals surface area contributed by atoms with E-state index < -0.39 is 24.1 Å². The Hall–Kier alpha value is -4.48. The van der Waals surface area contributed by atoms with Crippen molar-refractivity contribution in [2.75, 3.05) is 23.7 Å². The van der Waals surface area contributed by atoms with Gasteiger partial charge in [0, 0.05) is 30.0 Å². The lowest BCUT2D eigenvalue weighted by Gasteiger charge is -2.11. The molecule has 1 aromatic heterocycles. The molecule has 0 saturated carbocycles. The summed E-state index contributed by atoms with van der Waals surface area (Å²) in [5.74, 6) is -0.999. The van der Waals surface area contributed by atoms with Gasteiger partial charge in [-0.2, -0.15) is 0 Å². The van der Waals surface area contributed by atoms with Crippen molar-refractivity contribution in [2.45, 2.75) is 6.36 Å². The number of alkyl halides is 3. The van der Waals surface area contributed by atoms with E-state index in [1.54, 1.807) is 6.07 Å². The van der Waals surface area contributed by atoms with Crippen LogP contribution in [0.2, 0.25) is 0 Å². The van der Waals surface area contributed by atoms with Crippen molar-refractivity contribution in [3.8, 4) is 5.75 Å². The zero-order chi connectivity index (χ0) is 24.6. The molecular formula is C22H19F3N4O5. The molecule has 3 aromatic rings. The zero-order valence-electron chi connectivity index (χ0n) is 17.4. The molecule has 4 N–H and O–H groups in total. The summed E-state index contributed by atoms with van der Waals surface area (Å²) in [5, 5.41) is 10.2. The lowest BCUT2D eigenvalue weighted by molar-refractivity contribution is -0.274. The third kappa shape index (κ3) is 7.58. The summed E-state index contributed by atoms with van der Waals surface area (Å²) in [7, 11) is 0. The number of benzene rings is 2. The summed E-state index contributed by atoms with van der Waals surface area (Å²) in [6.07, 6.45) is -3.42. The number of rotatable bonds is 8. The number of hydrogen-bond acceptors (Lipinski definition) is 5. The fourth-order valence-corrected chi connectivity index (χ4v) is 2.69. The summed E-state index contributed by atoms with van der Waals surface area (Å²) in [6.45, 7) is 0.398. The van der Waals surface area contributed by atoms with Gasteiger partial charge in [-0.05, 0) is 60.7 Å². The highest BCUT2D eigenvalue weighted by Crippen LogP contribution is 2.24. The predicted molar refractivity (Wildman–Crippen MR) is 116 cm³/mol. The van der Waals surface area contributed by atoms with Crippen LogP contribution in [0.3, 0.4) is 0 Å². The van der Waals surface area contributed by atoms with Crippen molar-refractivity contribution in [3.05, 3.63) is 78.3 Å². The fraction of sp³-hybridized carbons (Fsp3) is 0.136. The van der Waals surface area contributed by atoms with E-state index in [9.17, 15) is 27.6 Å². The summed E-state index contributed by atoms with van der Waals surface area (Å²) < 4.78 is 45.3. The minimum absolute atomic E-state index is 0.172. The Morgan fingerprint density at radius 2 is 1.35 bits per heavy atom. The van der Waals surface area contributed by atoms with Crippen molar-refractivity contribution in [3.63, 3.8) is 0 Å². The highest BCUT2D eigenvalue weighted by molar-refractivity contribution is 6.00. The predicted octanol–water partition coefficient (Wildman–Crippen LogP) is 3.98. The number of urea groups is 1. The van der Waals surface area contributed by atoms with Crippen LogP contribution in [0.25, 0.3) is 0 Å². The molecule has 0 atom stereocenters. The highest BCUT2D eigenvalue weighted by atomic mass is 19.4. The number of hydrogen-bond donors (Lipinski definition) is 4. The van der Waals surface area contributed by atoms with Crippen LogP contribution < -0.4 is 26.0 Å². The maximum absolute atomic E-state index is 12.2. The van der Waals surface area contributed by atoms with Gasteiger partial charge in [0.1, 0.15) is 5.75 Å². The summed E-state index contributed by atoms with van der Waals surface area (Å²) in [6, 6.07) is 13.1. The second-order valence-electron chi connectivity index (χ2n) is 6.72. The van der Waals surface area contributed by atoms with Crippen LogP contribution in [0.4, 0.5) is 29.3 Å².